The van der Waals surface area contributed by atoms with Gasteiger partial charge in [0.05, 0.1) is 0 Å². The number of fused-ring (bicyclic) bond motifs is 1. The van der Waals surface area contributed by atoms with Gasteiger partial charge in [0.15, 0.2) is 0 Å². The van der Waals surface area contributed by atoms with Crippen LogP contribution in [0.4, 0.5) is 0 Å². The minimum atomic E-state index is 0.0428. The lowest BCUT2D eigenvalue weighted by molar-refractivity contribution is -0.125. The molecule has 0 unspecified atom stereocenters. The molecule has 3 nitrogen and oxygen atoms in total. The van der Waals surface area contributed by atoms with Crippen LogP contribution in [0.5, 0.6) is 0 Å². The Morgan fingerprint density at radius 3 is 2.62 bits per heavy atom. The number of hydrogen-bond donors (Lipinski definition) is 0. The van der Waals surface area contributed by atoms with Crippen LogP contribution < -0.4 is 0 Å². The second kappa shape index (κ2) is 6.48. The van der Waals surface area contributed by atoms with Gasteiger partial charge >= 0.3 is 0 Å². The van der Waals surface area contributed by atoms with E-state index >= 15 is 0 Å². The molecule has 112 valence electrons. The van der Waals surface area contributed by atoms with Crippen molar-refractivity contribution in [2.24, 2.45) is 0 Å². The van der Waals surface area contributed by atoms with Gasteiger partial charge in [-0.1, -0.05) is 15.9 Å². The van der Waals surface area contributed by atoms with Crippen LogP contribution in [0.25, 0.3) is 16.5 Å². The summed E-state index contributed by atoms with van der Waals surface area (Å²) in [7, 11) is 0. The molecule has 0 saturated heterocycles. The monoisotopic (exact) mass is 349 g/mol. The van der Waals surface area contributed by atoms with Crippen LogP contribution >= 0.6 is 15.9 Å². The number of carbonyl (C=O) groups excluding carboxylic acids is 1. The highest BCUT2D eigenvalue weighted by molar-refractivity contribution is 9.10. The van der Waals surface area contributed by atoms with Gasteiger partial charge < -0.3 is 9.32 Å². The Morgan fingerprint density at radius 2 is 2.00 bits per heavy atom. The first kappa shape index (κ1) is 15.8. The second-order valence-electron chi connectivity index (χ2n) is 5.01. The van der Waals surface area contributed by atoms with E-state index < -0.39 is 0 Å². The first-order valence-electron chi connectivity index (χ1n) is 7.14. The maximum Gasteiger partial charge on any atom is 0.246 e. The number of carbonyl (C=O) groups is 1. The first-order valence-corrected chi connectivity index (χ1v) is 7.93. The van der Waals surface area contributed by atoms with Crippen molar-refractivity contribution in [3.8, 4) is 0 Å². The molecule has 0 fully saturated rings. The Labute approximate surface area is 133 Å². The number of furan rings is 1. The number of benzene rings is 1. The molecule has 2 rings (SSSR count). The van der Waals surface area contributed by atoms with Crippen LogP contribution in [-0.4, -0.2) is 23.9 Å². The van der Waals surface area contributed by atoms with Crippen LogP contribution in [0.15, 0.2) is 33.2 Å². The molecule has 1 amide bonds. The molecule has 4 heteroatoms. The van der Waals surface area contributed by atoms with Gasteiger partial charge in [0.25, 0.3) is 0 Å². The van der Waals surface area contributed by atoms with Crippen molar-refractivity contribution < 1.29 is 9.21 Å². The average Bonchev–Trinajstić information content (AvgIpc) is 2.75. The lowest BCUT2D eigenvalue weighted by Gasteiger charge is -2.16. The van der Waals surface area contributed by atoms with Gasteiger partial charge in [0, 0.05) is 34.6 Å². The van der Waals surface area contributed by atoms with Gasteiger partial charge in [-0.05, 0) is 51.5 Å². The van der Waals surface area contributed by atoms with Crippen molar-refractivity contribution in [3.63, 3.8) is 0 Å². The minimum absolute atomic E-state index is 0.0428. The molecule has 0 N–H and O–H groups in total. The molecule has 0 bridgehead atoms. The highest BCUT2D eigenvalue weighted by Gasteiger charge is 2.15. The summed E-state index contributed by atoms with van der Waals surface area (Å²) in [6, 6.07) is 5.92. The molecule has 1 aromatic heterocycles. The number of aryl methyl sites for hydroxylation is 1. The van der Waals surface area contributed by atoms with Crippen LogP contribution in [-0.2, 0) is 4.79 Å². The van der Waals surface area contributed by atoms with Crippen LogP contribution in [0.1, 0.15) is 32.1 Å². The molecule has 0 spiro atoms. The number of amides is 1. The normalized spacial score (nSPS) is 12.0. The summed E-state index contributed by atoms with van der Waals surface area (Å²) in [6.07, 6.45) is 1.70. The molecular weight excluding hydrogens is 330 g/mol. The SMILES string of the molecule is CCN(CC)C(=O)/C=C(/C)c1c(C)oc2ccc(Br)cc12. The maximum absolute atomic E-state index is 12.2. The Bertz CT molecular complexity index is 696. The van der Waals surface area contributed by atoms with E-state index in [-0.39, 0.29) is 5.91 Å². The fourth-order valence-corrected chi connectivity index (χ4v) is 2.93. The molecule has 1 heterocycles. The van der Waals surface area contributed by atoms with E-state index in [0.717, 1.165) is 45.4 Å². The van der Waals surface area contributed by atoms with E-state index in [1.54, 1.807) is 11.0 Å². The Kier molecular flexibility index (Phi) is 4.88. The number of rotatable bonds is 4. The highest BCUT2D eigenvalue weighted by Crippen LogP contribution is 2.32. The third-order valence-electron chi connectivity index (χ3n) is 3.64. The van der Waals surface area contributed by atoms with Crippen molar-refractivity contribution in [2.45, 2.75) is 27.7 Å². The van der Waals surface area contributed by atoms with Crippen LogP contribution in [0, 0.1) is 6.92 Å². The molecule has 21 heavy (non-hydrogen) atoms. The van der Waals surface area contributed by atoms with Crippen molar-refractivity contribution in [1.82, 2.24) is 4.90 Å². The van der Waals surface area contributed by atoms with Crippen molar-refractivity contribution in [2.75, 3.05) is 13.1 Å². The zero-order chi connectivity index (χ0) is 15.6. The number of likely N-dealkylation sites (N-methyl/N-ethyl adjacent to an activating group) is 1. The number of nitrogens with zero attached hydrogens (tertiary/aromatic N) is 1. The molecule has 0 atom stereocenters. The standard InChI is InChI=1S/C17H20BrNO2/c1-5-19(6-2)16(20)9-11(3)17-12(4)21-15-8-7-13(18)10-14(15)17/h7-10H,5-6H2,1-4H3/b11-9-. The van der Waals surface area contributed by atoms with Gasteiger partial charge in [0.2, 0.25) is 5.91 Å². The topological polar surface area (TPSA) is 33.5 Å². The van der Waals surface area contributed by atoms with E-state index in [1.165, 1.54) is 0 Å². The zero-order valence-electron chi connectivity index (χ0n) is 12.9. The number of allylic oxidation sites excluding steroid dienone is 1. The summed E-state index contributed by atoms with van der Waals surface area (Å²) in [5.74, 6) is 0.880. The molecule has 0 aliphatic heterocycles. The lowest BCUT2D eigenvalue weighted by Crippen LogP contribution is -2.28. The van der Waals surface area contributed by atoms with Gasteiger partial charge in [-0.15, -0.1) is 0 Å². The summed E-state index contributed by atoms with van der Waals surface area (Å²) in [5, 5.41) is 1.03. The summed E-state index contributed by atoms with van der Waals surface area (Å²) in [4.78, 5) is 14.0. The predicted molar refractivity (Wildman–Crippen MR) is 90.2 cm³/mol. The molecular formula is C17H20BrNO2. The quantitative estimate of drug-likeness (QED) is 0.744. The third kappa shape index (κ3) is 3.21. The van der Waals surface area contributed by atoms with E-state index in [0.29, 0.717) is 0 Å². The van der Waals surface area contributed by atoms with Gasteiger partial charge in [0.1, 0.15) is 11.3 Å². The Hall–Kier alpha value is -1.55. The van der Waals surface area contributed by atoms with E-state index in [2.05, 4.69) is 15.9 Å². The molecule has 0 radical (unpaired) electrons. The van der Waals surface area contributed by atoms with Gasteiger partial charge in [-0.3, -0.25) is 4.79 Å². The molecule has 0 aliphatic carbocycles. The summed E-state index contributed by atoms with van der Waals surface area (Å²) in [6.45, 7) is 9.30. The van der Waals surface area contributed by atoms with Crippen LogP contribution in [0.3, 0.4) is 0 Å². The highest BCUT2D eigenvalue weighted by atomic mass is 79.9. The minimum Gasteiger partial charge on any atom is -0.461 e. The molecule has 0 aliphatic rings. The predicted octanol–water partition coefficient (Wildman–Crippen LogP) is 4.78. The zero-order valence-corrected chi connectivity index (χ0v) is 14.5. The smallest absolute Gasteiger partial charge is 0.246 e. The Balaban J connectivity index is 2.48. The van der Waals surface area contributed by atoms with Gasteiger partial charge in [-0.2, -0.15) is 0 Å². The van der Waals surface area contributed by atoms with Crippen molar-refractivity contribution in [3.05, 3.63) is 40.1 Å². The summed E-state index contributed by atoms with van der Waals surface area (Å²) in [5.41, 5.74) is 2.78. The van der Waals surface area contributed by atoms with E-state index in [1.807, 2.05) is 45.9 Å². The van der Waals surface area contributed by atoms with E-state index in [4.69, 9.17) is 4.42 Å². The third-order valence-corrected chi connectivity index (χ3v) is 4.13. The average molecular weight is 350 g/mol. The van der Waals surface area contributed by atoms with Crippen molar-refractivity contribution in [1.29, 1.82) is 0 Å². The lowest BCUT2D eigenvalue weighted by atomic mass is 10.0. The first-order chi connectivity index (χ1) is 9.97. The van der Waals surface area contributed by atoms with E-state index in [9.17, 15) is 4.79 Å². The second-order valence-corrected chi connectivity index (χ2v) is 5.93. The fraction of sp³-hybridized carbons (Fsp3) is 0.353. The van der Waals surface area contributed by atoms with Crippen LogP contribution in [0.2, 0.25) is 0 Å². The molecule has 2 aromatic rings. The number of hydrogen-bond acceptors (Lipinski definition) is 2. The number of halogens is 1. The summed E-state index contributed by atoms with van der Waals surface area (Å²) >= 11 is 3.49. The fourth-order valence-electron chi connectivity index (χ4n) is 2.57. The molecule has 1 aromatic carbocycles. The van der Waals surface area contributed by atoms with Crippen molar-refractivity contribution >= 4 is 38.4 Å². The largest absolute Gasteiger partial charge is 0.461 e. The maximum atomic E-state index is 12.2. The summed E-state index contributed by atoms with van der Waals surface area (Å²) < 4.78 is 6.78. The Morgan fingerprint density at radius 1 is 1.33 bits per heavy atom. The van der Waals surface area contributed by atoms with Gasteiger partial charge in [-0.25, -0.2) is 0 Å². The molecule has 0 saturated carbocycles.